The van der Waals surface area contributed by atoms with E-state index in [9.17, 15) is 12.8 Å². The number of hydrogen-bond acceptors (Lipinski definition) is 6. The number of hydrogen-bond donors (Lipinski definition) is 2. The van der Waals surface area contributed by atoms with Crippen LogP contribution < -0.4 is 10.1 Å². The third-order valence-corrected chi connectivity index (χ3v) is 7.44. The maximum atomic E-state index is 13.8. The summed E-state index contributed by atoms with van der Waals surface area (Å²) in [6.07, 6.45) is 0. The van der Waals surface area contributed by atoms with E-state index in [4.69, 9.17) is 38.3 Å². The zero-order chi connectivity index (χ0) is 22.6. The quantitative estimate of drug-likeness (QED) is 0.527. The van der Waals surface area contributed by atoms with E-state index in [0.29, 0.717) is 18.1 Å². The highest BCUT2D eigenvalue weighted by molar-refractivity contribution is 7.89. The third kappa shape index (κ3) is 5.29. The van der Waals surface area contributed by atoms with E-state index in [1.807, 2.05) is 0 Å². The van der Waals surface area contributed by atoms with Gasteiger partial charge in [-0.05, 0) is 30.3 Å². The van der Waals surface area contributed by atoms with Crippen LogP contribution in [0.4, 0.5) is 4.39 Å². The number of ether oxygens (including phenoxy) is 1. The maximum absolute atomic E-state index is 13.8. The fourth-order valence-corrected chi connectivity index (χ4v) is 5.71. The summed E-state index contributed by atoms with van der Waals surface area (Å²) in [5, 5.41) is 21.3. The first-order valence-corrected chi connectivity index (χ1v) is 11.5. The van der Waals surface area contributed by atoms with Crippen molar-refractivity contribution < 1.29 is 22.7 Å². The molecule has 0 unspecified atom stereocenters. The number of rotatable bonds is 9. The van der Waals surface area contributed by atoms with Crippen LogP contribution >= 0.6 is 23.2 Å². The van der Waals surface area contributed by atoms with Gasteiger partial charge >= 0.3 is 0 Å². The molecule has 0 aliphatic carbocycles. The smallest absolute Gasteiger partial charge is 0.244 e. The van der Waals surface area contributed by atoms with Gasteiger partial charge < -0.3 is 15.2 Å². The summed E-state index contributed by atoms with van der Waals surface area (Å²) >= 11 is 11.9. The minimum Gasteiger partial charge on any atom is -0.493 e. The fourth-order valence-electron chi connectivity index (χ4n) is 3.29. The number of nitrogens with one attached hydrogen (secondary N) is 1. The third-order valence-electron chi connectivity index (χ3n) is 4.93. The second-order valence-corrected chi connectivity index (χ2v) is 10.0. The van der Waals surface area contributed by atoms with Gasteiger partial charge in [0.25, 0.3) is 0 Å². The largest absolute Gasteiger partial charge is 0.493 e. The van der Waals surface area contributed by atoms with Gasteiger partial charge in [-0.1, -0.05) is 23.2 Å². The Morgan fingerprint density at radius 1 is 1.26 bits per heavy atom. The summed E-state index contributed by atoms with van der Waals surface area (Å²) in [6, 6.07) is 9.85. The first-order valence-electron chi connectivity index (χ1n) is 9.30. The van der Waals surface area contributed by atoms with Crippen molar-refractivity contribution in [1.29, 1.82) is 5.26 Å². The molecule has 2 aromatic rings. The molecule has 11 heteroatoms. The minimum absolute atomic E-state index is 0.0349. The van der Waals surface area contributed by atoms with E-state index < -0.39 is 21.3 Å². The number of nitriles is 1. The highest BCUT2D eigenvalue weighted by Gasteiger charge is 2.49. The number of sulfonamides is 1. The summed E-state index contributed by atoms with van der Waals surface area (Å²) in [6.45, 7) is 1.05. The van der Waals surface area contributed by atoms with Crippen LogP contribution in [0.5, 0.6) is 5.75 Å². The lowest BCUT2D eigenvalue weighted by atomic mass is 9.82. The Kier molecular flexibility index (Phi) is 7.42. The fraction of sp³-hybridized carbons (Fsp3) is 0.350. The van der Waals surface area contributed by atoms with Crippen LogP contribution in [0.25, 0.3) is 0 Å². The summed E-state index contributed by atoms with van der Waals surface area (Å²) in [7, 11) is -3.84. The van der Waals surface area contributed by atoms with Crippen LogP contribution in [0.2, 0.25) is 10.0 Å². The lowest BCUT2D eigenvalue weighted by Gasteiger charge is -2.48. The summed E-state index contributed by atoms with van der Waals surface area (Å²) in [5.41, 5.74) is -0.682. The topological polar surface area (TPSA) is 103 Å². The monoisotopic (exact) mass is 487 g/mol. The molecule has 2 N–H and O–H groups in total. The van der Waals surface area contributed by atoms with E-state index in [1.165, 1.54) is 34.6 Å². The maximum Gasteiger partial charge on any atom is 0.244 e. The average Bonchev–Trinajstić information content (AvgIpc) is 2.68. The molecular weight excluding hydrogens is 468 g/mol. The molecular formula is C20H20Cl2FN3O4S. The van der Waals surface area contributed by atoms with Gasteiger partial charge in [0.05, 0.1) is 23.8 Å². The van der Waals surface area contributed by atoms with E-state index in [1.54, 1.807) is 6.07 Å². The summed E-state index contributed by atoms with van der Waals surface area (Å²) in [4.78, 5) is -0.0365. The van der Waals surface area contributed by atoms with Gasteiger partial charge in [-0.25, -0.2) is 12.8 Å². The second kappa shape index (κ2) is 9.69. The van der Waals surface area contributed by atoms with E-state index in [2.05, 4.69) is 5.32 Å². The first-order chi connectivity index (χ1) is 14.7. The SMILES string of the molecule is N#Cc1ccc(OCC2(CNCCO)CN(S(=O)(=O)c3ccc(Cl)cc3Cl)C2)cc1F. The molecule has 166 valence electrons. The second-order valence-electron chi connectivity index (χ2n) is 7.29. The van der Waals surface area contributed by atoms with Gasteiger partial charge in [0.2, 0.25) is 10.0 Å². The molecule has 7 nitrogen and oxygen atoms in total. The van der Waals surface area contributed by atoms with Crippen molar-refractivity contribution in [1.82, 2.24) is 9.62 Å². The van der Waals surface area contributed by atoms with Gasteiger partial charge in [-0.2, -0.15) is 9.57 Å². The van der Waals surface area contributed by atoms with Crippen LogP contribution in [0.3, 0.4) is 0 Å². The van der Waals surface area contributed by atoms with Crippen LogP contribution in [-0.4, -0.2) is 57.2 Å². The normalized spacial score (nSPS) is 15.8. The van der Waals surface area contributed by atoms with Gasteiger partial charge in [-0.15, -0.1) is 0 Å². The molecule has 1 heterocycles. The summed E-state index contributed by atoms with van der Waals surface area (Å²) < 4.78 is 46.8. The number of halogens is 3. The number of aliphatic hydroxyl groups is 1. The van der Waals surface area contributed by atoms with Crippen molar-refractivity contribution in [3.8, 4) is 11.8 Å². The van der Waals surface area contributed by atoms with Gasteiger partial charge in [0, 0.05) is 42.7 Å². The molecule has 1 saturated heterocycles. The van der Waals surface area contributed by atoms with Crippen LogP contribution in [-0.2, 0) is 10.0 Å². The lowest BCUT2D eigenvalue weighted by molar-refractivity contribution is 0.0187. The Morgan fingerprint density at radius 2 is 2.00 bits per heavy atom. The molecule has 1 aliphatic rings. The van der Waals surface area contributed by atoms with E-state index >= 15 is 0 Å². The number of nitrogens with zero attached hydrogens (tertiary/aromatic N) is 2. The molecule has 0 bridgehead atoms. The predicted molar refractivity (Wildman–Crippen MR) is 114 cm³/mol. The molecule has 3 rings (SSSR count). The van der Waals surface area contributed by atoms with Crippen molar-refractivity contribution in [3.05, 3.63) is 57.8 Å². The van der Waals surface area contributed by atoms with E-state index in [-0.39, 0.29) is 47.5 Å². The minimum atomic E-state index is -3.84. The first kappa shape index (κ1) is 23.7. The zero-order valence-electron chi connectivity index (χ0n) is 16.3. The highest BCUT2D eigenvalue weighted by Crippen LogP contribution is 2.37. The van der Waals surface area contributed by atoms with Crippen molar-refractivity contribution in [3.63, 3.8) is 0 Å². The van der Waals surface area contributed by atoms with E-state index in [0.717, 1.165) is 6.07 Å². The van der Waals surface area contributed by atoms with Crippen LogP contribution in [0.1, 0.15) is 5.56 Å². The Hall–Kier alpha value is -1.93. The van der Waals surface area contributed by atoms with Gasteiger partial charge in [0.1, 0.15) is 22.5 Å². The number of aliphatic hydroxyl groups excluding tert-OH is 1. The van der Waals surface area contributed by atoms with Crippen molar-refractivity contribution >= 4 is 33.2 Å². The number of benzene rings is 2. The molecule has 0 saturated carbocycles. The molecule has 31 heavy (non-hydrogen) atoms. The molecule has 1 fully saturated rings. The van der Waals surface area contributed by atoms with Crippen LogP contribution in [0, 0.1) is 22.6 Å². The molecule has 0 radical (unpaired) electrons. The van der Waals surface area contributed by atoms with Gasteiger partial charge in [0.15, 0.2) is 0 Å². The molecule has 0 amide bonds. The Balaban J connectivity index is 1.74. The standard InChI is InChI=1S/C20H20Cl2FN3O4S/c21-15-2-4-19(17(22)7-15)31(28,29)26-11-20(12-26,10-25-5-6-27)13-30-16-3-1-14(9-24)18(23)8-16/h1-4,7-8,25,27H,5-6,10-13H2. The lowest BCUT2D eigenvalue weighted by Crippen LogP contribution is -2.64. The summed E-state index contributed by atoms with van der Waals surface area (Å²) in [5.74, 6) is -0.456. The van der Waals surface area contributed by atoms with Crippen molar-refractivity contribution in [2.45, 2.75) is 4.90 Å². The van der Waals surface area contributed by atoms with Crippen molar-refractivity contribution in [2.75, 3.05) is 39.4 Å². The predicted octanol–water partition coefficient (Wildman–Crippen LogP) is 2.66. The Morgan fingerprint density at radius 3 is 2.61 bits per heavy atom. The van der Waals surface area contributed by atoms with Crippen molar-refractivity contribution in [2.24, 2.45) is 5.41 Å². The zero-order valence-corrected chi connectivity index (χ0v) is 18.6. The molecule has 1 aliphatic heterocycles. The molecule has 2 aromatic carbocycles. The highest BCUT2D eigenvalue weighted by atomic mass is 35.5. The Labute approximate surface area is 190 Å². The van der Waals surface area contributed by atoms with Crippen LogP contribution in [0.15, 0.2) is 41.3 Å². The van der Waals surface area contributed by atoms with Gasteiger partial charge in [-0.3, -0.25) is 0 Å². The molecule has 0 aromatic heterocycles. The molecule has 0 atom stereocenters. The molecule has 0 spiro atoms. The average molecular weight is 488 g/mol. The Bertz CT molecular complexity index is 1100.